The van der Waals surface area contributed by atoms with Gasteiger partial charge in [-0.05, 0) is 57.6 Å². The number of hydrogen-bond acceptors (Lipinski definition) is 4. The molecule has 0 saturated carbocycles. The second kappa shape index (κ2) is 8.63. The van der Waals surface area contributed by atoms with Gasteiger partial charge in [0.15, 0.2) is 0 Å². The molecule has 1 aromatic rings. The first-order valence-corrected chi connectivity index (χ1v) is 8.15. The molecule has 1 heterocycles. The van der Waals surface area contributed by atoms with E-state index in [1.807, 2.05) is 19.0 Å². The average molecular weight is 304 g/mol. The lowest BCUT2D eigenvalue weighted by Crippen LogP contribution is -2.35. The normalized spacial score (nSPS) is 15.0. The van der Waals surface area contributed by atoms with Gasteiger partial charge in [0, 0.05) is 37.6 Å². The SMILES string of the molecule is CN(C)CCNC(=O)CNc1ccc(N2CCCCC2)cc1. The van der Waals surface area contributed by atoms with Gasteiger partial charge in [0.05, 0.1) is 6.54 Å². The van der Waals surface area contributed by atoms with Gasteiger partial charge in [0.25, 0.3) is 0 Å². The van der Waals surface area contributed by atoms with E-state index in [0.717, 1.165) is 25.3 Å². The van der Waals surface area contributed by atoms with E-state index >= 15 is 0 Å². The van der Waals surface area contributed by atoms with Gasteiger partial charge < -0.3 is 20.4 Å². The van der Waals surface area contributed by atoms with Crippen LogP contribution >= 0.6 is 0 Å². The van der Waals surface area contributed by atoms with E-state index in [9.17, 15) is 4.79 Å². The van der Waals surface area contributed by atoms with Crippen molar-refractivity contribution >= 4 is 17.3 Å². The van der Waals surface area contributed by atoms with Crippen LogP contribution in [0.4, 0.5) is 11.4 Å². The third kappa shape index (κ3) is 5.56. The quantitative estimate of drug-likeness (QED) is 0.806. The summed E-state index contributed by atoms with van der Waals surface area (Å²) in [6.45, 7) is 4.16. The molecule has 0 bridgehead atoms. The van der Waals surface area contributed by atoms with Crippen LogP contribution in [0.3, 0.4) is 0 Å². The minimum atomic E-state index is 0.0296. The minimum absolute atomic E-state index is 0.0296. The van der Waals surface area contributed by atoms with Crippen molar-refractivity contribution in [3.63, 3.8) is 0 Å². The number of nitrogens with zero attached hydrogens (tertiary/aromatic N) is 2. The van der Waals surface area contributed by atoms with Crippen molar-refractivity contribution in [1.82, 2.24) is 10.2 Å². The zero-order chi connectivity index (χ0) is 15.8. The van der Waals surface area contributed by atoms with Crippen molar-refractivity contribution in [3.05, 3.63) is 24.3 Å². The van der Waals surface area contributed by atoms with Crippen molar-refractivity contribution in [3.8, 4) is 0 Å². The summed E-state index contributed by atoms with van der Waals surface area (Å²) < 4.78 is 0. The fraction of sp³-hybridized carbons (Fsp3) is 0.588. The monoisotopic (exact) mass is 304 g/mol. The van der Waals surface area contributed by atoms with E-state index in [4.69, 9.17) is 0 Å². The van der Waals surface area contributed by atoms with Gasteiger partial charge in [-0.2, -0.15) is 0 Å². The number of piperidine rings is 1. The average Bonchev–Trinajstić information content (AvgIpc) is 2.54. The Morgan fingerprint density at radius 2 is 1.82 bits per heavy atom. The Morgan fingerprint density at radius 1 is 1.14 bits per heavy atom. The third-order valence-electron chi connectivity index (χ3n) is 3.92. The topological polar surface area (TPSA) is 47.6 Å². The lowest BCUT2D eigenvalue weighted by atomic mass is 10.1. The van der Waals surface area contributed by atoms with Crippen molar-refractivity contribution in [2.75, 3.05) is 57.0 Å². The maximum absolute atomic E-state index is 11.7. The molecule has 1 amide bonds. The standard InChI is InChI=1S/C17H28N4O/c1-20(2)13-10-18-17(22)14-19-15-6-8-16(9-7-15)21-11-4-3-5-12-21/h6-9,19H,3-5,10-14H2,1-2H3,(H,18,22). The van der Waals surface area contributed by atoms with Gasteiger partial charge in [-0.25, -0.2) is 0 Å². The molecule has 2 N–H and O–H groups in total. The molecule has 1 aliphatic heterocycles. The molecule has 1 fully saturated rings. The van der Waals surface area contributed by atoms with E-state index in [2.05, 4.69) is 39.8 Å². The lowest BCUT2D eigenvalue weighted by Gasteiger charge is -2.28. The summed E-state index contributed by atoms with van der Waals surface area (Å²) in [4.78, 5) is 16.2. The van der Waals surface area contributed by atoms with Gasteiger partial charge in [0.1, 0.15) is 0 Å². The Hall–Kier alpha value is -1.75. The highest BCUT2D eigenvalue weighted by Gasteiger charge is 2.10. The highest BCUT2D eigenvalue weighted by molar-refractivity contribution is 5.80. The number of carbonyl (C=O) groups excluding carboxylic acids is 1. The molecule has 0 spiro atoms. The number of anilines is 2. The van der Waals surface area contributed by atoms with Crippen LogP contribution < -0.4 is 15.5 Å². The summed E-state index contributed by atoms with van der Waals surface area (Å²) in [5.41, 5.74) is 2.27. The molecule has 0 unspecified atom stereocenters. The molecule has 0 radical (unpaired) electrons. The van der Waals surface area contributed by atoms with E-state index in [1.54, 1.807) is 0 Å². The van der Waals surface area contributed by atoms with Gasteiger partial charge in [0.2, 0.25) is 5.91 Å². The Labute approximate surface area is 133 Å². The summed E-state index contributed by atoms with van der Waals surface area (Å²) in [7, 11) is 3.99. The van der Waals surface area contributed by atoms with Crippen LogP contribution in [0.2, 0.25) is 0 Å². The molecule has 1 aromatic carbocycles. The van der Waals surface area contributed by atoms with Crippen LogP contribution in [-0.2, 0) is 4.79 Å². The summed E-state index contributed by atoms with van der Waals surface area (Å²) in [6.07, 6.45) is 3.92. The number of hydrogen-bond donors (Lipinski definition) is 2. The number of nitrogens with one attached hydrogen (secondary N) is 2. The predicted molar refractivity (Wildman–Crippen MR) is 92.6 cm³/mol. The molecule has 0 aliphatic carbocycles. The Kier molecular flexibility index (Phi) is 6.52. The molecular formula is C17H28N4O. The third-order valence-corrected chi connectivity index (χ3v) is 3.92. The van der Waals surface area contributed by atoms with Crippen LogP contribution in [0.5, 0.6) is 0 Å². The molecule has 122 valence electrons. The molecule has 1 aliphatic rings. The maximum Gasteiger partial charge on any atom is 0.239 e. The Bertz CT molecular complexity index is 452. The highest BCUT2D eigenvalue weighted by atomic mass is 16.1. The second-order valence-corrected chi connectivity index (χ2v) is 6.10. The summed E-state index contributed by atoms with van der Waals surface area (Å²) in [5, 5.41) is 6.06. The number of benzene rings is 1. The molecule has 0 atom stereocenters. The van der Waals surface area contributed by atoms with Gasteiger partial charge >= 0.3 is 0 Å². The number of amides is 1. The van der Waals surface area contributed by atoms with E-state index in [1.165, 1.54) is 24.9 Å². The Morgan fingerprint density at radius 3 is 2.45 bits per heavy atom. The van der Waals surface area contributed by atoms with E-state index < -0.39 is 0 Å². The molecular weight excluding hydrogens is 276 g/mol. The van der Waals surface area contributed by atoms with E-state index in [0.29, 0.717) is 13.1 Å². The fourth-order valence-corrected chi connectivity index (χ4v) is 2.61. The first-order valence-electron chi connectivity index (χ1n) is 8.15. The molecule has 5 nitrogen and oxygen atoms in total. The first kappa shape index (κ1) is 16.6. The van der Waals surface area contributed by atoms with Gasteiger partial charge in [-0.3, -0.25) is 4.79 Å². The summed E-state index contributed by atoms with van der Waals surface area (Å²) in [5.74, 6) is 0.0296. The van der Waals surface area contributed by atoms with Crippen LogP contribution in [0, 0.1) is 0 Å². The van der Waals surface area contributed by atoms with Crippen molar-refractivity contribution in [2.45, 2.75) is 19.3 Å². The fourth-order valence-electron chi connectivity index (χ4n) is 2.61. The zero-order valence-corrected chi connectivity index (χ0v) is 13.8. The number of rotatable bonds is 7. The summed E-state index contributed by atoms with van der Waals surface area (Å²) in [6, 6.07) is 8.38. The van der Waals surface area contributed by atoms with Crippen LogP contribution in [-0.4, -0.2) is 57.6 Å². The number of carbonyl (C=O) groups is 1. The smallest absolute Gasteiger partial charge is 0.239 e. The molecule has 22 heavy (non-hydrogen) atoms. The van der Waals surface area contributed by atoms with Gasteiger partial charge in [-0.15, -0.1) is 0 Å². The number of likely N-dealkylation sites (N-methyl/N-ethyl adjacent to an activating group) is 1. The highest BCUT2D eigenvalue weighted by Crippen LogP contribution is 2.21. The van der Waals surface area contributed by atoms with Crippen LogP contribution in [0.25, 0.3) is 0 Å². The van der Waals surface area contributed by atoms with Crippen LogP contribution in [0.1, 0.15) is 19.3 Å². The predicted octanol–water partition coefficient (Wildman–Crippen LogP) is 1.77. The molecule has 1 saturated heterocycles. The zero-order valence-electron chi connectivity index (χ0n) is 13.8. The van der Waals surface area contributed by atoms with Gasteiger partial charge in [-0.1, -0.05) is 0 Å². The molecule has 5 heteroatoms. The minimum Gasteiger partial charge on any atom is -0.376 e. The molecule has 2 rings (SSSR count). The lowest BCUT2D eigenvalue weighted by molar-refractivity contribution is -0.119. The van der Waals surface area contributed by atoms with Crippen molar-refractivity contribution in [1.29, 1.82) is 0 Å². The van der Waals surface area contributed by atoms with E-state index in [-0.39, 0.29) is 5.91 Å². The maximum atomic E-state index is 11.7. The molecule has 0 aromatic heterocycles. The van der Waals surface area contributed by atoms with Crippen molar-refractivity contribution < 1.29 is 4.79 Å². The van der Waals surface area contributed by atoms with Crippen LogP contribution in [0.15, 0.2) is 24.3 Å². The first-order chi connectivity index (χ1) is 10.6. The largest absolute Gasteiger partial charge is 0.376 e. The second-order valence-electron chi connectivity index (χ2n) is 6.10. The Balaban J connectivity index is 1.73. The van der Waals surface area contributed by atoms with Crippen molar-refractivity contribution in [2.24, 2.45) is 0 Å². The summed E-state index contributed by atoms with van der Waals surface area (Å²) >= 11 is 0.